The fraction of sp³-hybridized carbons (Fsp3) is 0.444. The van der Waals surface area contributed by atoms with Crippen LogP contribution in [-0.4, -0.2) is 35.4 Å². The monoisotopic (exact) mass is 183 g/mol. The summed E-state index contributed by atoms with van der Waals surface area (Å²) in [4.78, 5) is 11.9. The van der Waals surface area contributed by atoms with Gasteiger partial charge in [0.15, 0.2) is 0 Å². The van der Waals surface area contributed by atoms with Crippen molar-refractivity contribution in [1.29, 1.82) is 0 Å². The fourth-order valence-electron chi connectivity index (χ4n) is 1.12. The van der Waals surface area contributed by atoms with Crippen LogP contribution < -0.4 is 0 Å². The second kappa shape index (κ2) is 4.67. The van der Waals surface area contributed by atoms with Crippen LogP contribution in [0.2, 0.25) is 0 Å². The summed E-state index contributed by atoms with van der Waals surface area (Å²) in [5.41, 5.74) is 0. The molecule has 1 amide bonds. The molecule has 72 valence electrons. The molecule has 13 heavy (non-hydrogen) atoms. The number of carboxylic acid groups (broad SMARTS) is 1. The molecule has 0 fully saturated rings. The smallest absolute Gasteiger partial charge is 0.411 e. The maximum absolute atomic E-state index is 10.7. The van der Waals surface area contributed by atoms with E-state index in [1.54, 1.807) is 6.08 Å². The van der Waals surface area contributed by atoms with E-state index in [-0.39, 0.29) is 6.04 Å². The van der Waals surface area contributed by atoms with Crippen LogP contribution >= 0.6 is 0 Å². The topological polar surface area (TPSA) is 49.8 Å². The molecule has 0 aliphatic carbocycles. The Morgan fingerprint density at radius 1 is 1.62 bits per heavy atom. The molecule has 1 aliphatic heterocycles. The first-order chi connectivity index (χ1) is 6.25. The van der Waals surface area contributed by atoms with Crippen LogP contribution in [0.25, 0.3) is 0 Å². The highest BCUT2D eigenvalue weighted by Gasteiger charge is 2.19. The van der Waals surface area contributed by atoms with E-state index in [1.165, 1.54) is 11.1 Å². The molecule has 4 nitrogen and oxygen atoms in total. The number of amides is 1. The predicted molar refractivity (Wildman–Crippen MR) is 48.4 cm³/mol. The SMILES string of the molecule is CCOC[C@@H]1C=CC=CN1C(=O)O. The lowest BCUT2D eigenvalue weighted by Gasteiger charge is -2.25. The van der Waals surface area contributed by atoms with E-state index in [0.717, 1.165) is 0 Å². The molecule has 4 heteroatoms. The molecule has 0 saturated heterocycles. The van der Waals surface area contributed by atoms with E-state index in [4.69, 9.17) is 9.84 Å². The Hall–Kier alpha value is -1.29. The van der Waals surface area contributed by atoms with Gasteiger partial charge in [-0.05, 0) is 13.0 Å². The number of nitrogens with zero attached hydrogens (tertiary/aromatic N) is 1. The van der Waals surface area contributed by atoms with E-state index in [2.05, 4.69) is 0 Å². The maximum atomic E-state index is 10.7. The normalized spacial score (nSPS) is 20.7. The first-order valence-electron chi connectivity index (χ1n) is 4.19. The summed E-state index contributed by atoms with van der Waals surface area (Å²) in [6.07, 6.45) is 5.90. The predicted octanol–water partition coefficient (Wildman–Crippen LogP) is 1.46. The second-order valence-electron chi connectivity index (χ2n) is 2.64. The third-order valence-electron chi connectivity index (χ3n) is 1.76. The number of hydrogen-bond acceptors (Lipinski definition) is 2. The van der Waals surface area contributed by atoms with Gasteiger partial charge in [0.1, 0.15) is 0 Å². The molecule has 0 spiro atoms. The minimum Gasteiger partial charge on any atom is -0.465 e. The van der Waals surface area contributed by atoms with Crippen molar-refractivity contribution in [3.63, 3.8) is 0 Å². The zero-order chi connectivity index (χ0) is 9.68. The van der Waals surface area contributed by atoms with Gasteiger partial charge in [0.05, 0.1) is 12.6 Å². The highest BCUT2D eigenvalue weighted by atomic mass is 16.5. The van der Waals surface area contributed by atoms with Crippen LogP contribution in [0.15, 0.2) is 24.4 Å². The second-order valence-corrected chi connectivity index (χ2v) is 2.64. The lowest BCUT2D eigenvalue weighted by molar-refractivity contribution is 0.0942. The van der Waals surface area contributed by atoms with Crippen LogP contribution in [0, 0.1) is 0 Å². The first kappa shape index (κ1) is 9.80. The van der Waals surface area contributed by atoms with Crippen LogP contribution in [0.3, 0.4) is 0 Å². The van der Waals surface area contributed by atoms with Crippen molar-refractivity contribution >= 4 is 6.09 Å². The van der Waals surface area contributed by atoms with Crippen molar-refractivity contribution in [2.45, 2.75) is 13.0 Å². The molecule has 1 rings (SSSR count). The van der Waals surface area contributed by atoms with Gasteiger partial charge in [0, 0.05) is 12.8 Å². The minimum absolute atomic E-state index is 0.192. The van der Waals surface area contributed by atoms with E-state index in [0.29, 0.717) is 13.2 Å². The maximum Gasteiger partial charge on any atom is 0.411 e. The molecule has 1 atom stereocenters. The minimum atomic E-state index is -0.953. The third-order valence-corrected chi connectivity index (χ3v) is 1.76. The summed E-state index contributed by atoms with van der Waals surface area (Å²) < 4.78 is 5.16. The van der Waals surface area contributed by atoms with Crippen molar-refractivity contribution in [3.8, 4) is 0 Å². The van der Waals surface area contributed by atoms with Crippen molar-refractivity contribution < 1.29 is 14.6 Å². The van der Waals surface area contributed by atoms with Crippen molar-refractivity contribution in [3.05, 3.63) is 24.4 Å². The lowest BCUT2D eigenvalue weighted by atomic mass is 10.2. The molecule has 0 aromatic rings. The number of ether oxygens (including phenoxy) is 1. The largest absolute Gasteiger partial charge is 0.465 e. The zero-order valence-corrected chi connectivity index (χ0v) is 7.51. The van der Waals surface area contributed by atoms with Crippen LogP contribution in [-0.2, 0) is 4.74 Å². The average Bonchev–Trinajstić information content (AvgIpc) is 2.15. The summed E-state index contributed by atoms with van der Waals surface area (Å²) in [5, 5.41) is 8.79. The molecular formula is C9H13NO3. The molecule has 1 N–H and O–H groups in total. The van der Waals surface area contributed by atoms with E-state index < -0.39 is 6.09 Å². The standard InChI is InChI=1S/C9H13NO3/c1-2-13-7-8-5-3-4-6-10(8)9(11)12/h3-6,8H,2,7H2,1H3,(H,11,12)/t8-/m0/s1. The van der Waals surface area contributed by atoms with Gasteiger partial charge in [-0.3, -0.25) is 4.90 Å². The van der Waals surface area contributed by atoms with Crippen molar-refractivity contribution in [2.75, 3.05) is 13.2 Å². The van der Waals surface area contributed by atoms with Crippen LogP contribution in [0.4, 0.5) is 4.79 Å². The molecule has 1 aliphatic rings. The van der Waals surface area contributed by atoms with Gasteiger partial charge in [-0.1, -0.05) is 12.2 Å². The van der Waals surface area contributed by atoms with Gasteiger partial charge in [-0.25, -0.2) is 4.79 Å². The van der Waals surface area contributed by atoms with Gasteiger partial charge in [0.25, 0.3) is 0 Å². The number of rotatable bonds is 3. The van der Waals surface area contributed by atoms with E-state index in [9.17, 15) is 4.79 Å². The Morgan fingerprint density at radius 2 is 2.38 bits per heavy atom. The van der Waals surface area contributed by atoms with Gasteiger partial charge >= 0.3 is 6.09 Å². The van der Waals surface area contributed by atoms with E-state index in [1.807, 2.05) is 19.1 Å². The molecule has 1 heterocycles. The third kappa shape index (κ3) is 2.59. The Labute approximate surface area is 77.1 Å². The molecular weight excluding hydrogens is 170 g/mol. The Morgan fingerprint density at radius 3 is 3.00 bits per heavy atom. The van der Waals surface area contributed by atoms with Gasteiger partial charge in [0.2, 0.25) is 0 Å². The van der Waals surface area contributed by atoms with Gasteiger partial charge in [-0.2, -0.15) is 0 Å². The lowest BCUT2D eigenvalue weighted by Crippen LogP contribution is -2.38. The summed E-state index contributed by atoms with van der Waals surface area (Å²) in [7, 11) is 0. The summed E-state index contributed by atoms with van der Waals surface area (Å²) >= 11 is 0. The number of allylic oxidation sites excluding steroid dienone is 2. The van der Waals surface area contributed by atoms with E-state index >= 15 is 0 Å². The molecule has 0 bridgehead atoms. The zero-order valence-electron chi connectivity index (χ0n) is 7.51. The van der Waals surface area contributed by atoms with Crippen LogP contribution in [0.1, 0.15) is 6.92 Å². The number of carbonyl (C=O) groups is 1. The molecule has 0 radical (unpaired) electrons. The summed E-state index contributed by atoms with van der Waals surface area (Å²) in [6.45, 7) is 2.89. The average molecular weight is 183 g/mol. The molecule has 0 aromatic heterocycles. The Kier molecular flexibility index (Phi) is 3.52. The van der Waals surface area contributed by atoms with Crippen LogP contribution in [0.5, 0.6) is 0 Å². The quantitative estimate of drug-likeness (QED) is 0.720. The highest BCUT2D eigenvalue weighted by Crippen LogP contribution is 2.08. The summed E-state index contributed by atoms with van der Waals surface area (Å²) in [6, 6.07) is -0.192. The highest BCUT2D eigenvalue weighted by molar-refractivity contribution is 5.67. The number of hydrogen-bond donors (Lipinski definition) is 1. The van der Waals surface area contributed by atoms with Gasteiger partial charge in [-0.15, -0.1) is 0 Å². The summed E-state index contributed by atoms with van der Waals surface area (Å²) in [5.74, 6) is 0. The van der Waals surface area contributed by atoms with Crippen molar-refractivity contribution in [2.24, 2.45) is 0 Å². The van der Waals surface area contributed by atoms with Gasteiger partial charge < -0.3 is 9.84 Å². The molecule has 0 unspecified atom stereocenters. The Bertz CT molecular complexity index is 235. The fourth-order valence-corrected chi connectivity index (χ4v) is 1.12. The molecule has 0 saturated carbocycles. The Balaban J connectivity index is 2.54. The first-order valence-corrected chi connectivity index (χ1v) is 4.19. The molecule has 0 aromatic carbocycles. The van der Waals surface area contributed by atoms with Crippen molar-refractivity contribution in [1.82, 2.24) is 4.90 Å².